The van der Waals surface area contributed by atoms with Gasteiger partial charge in [-0.2, -0.15) is 0 Å². The van der Waals surface area contributed by atoms with Gasteiger partial charge in [-0.15, -0.1) is 0 Å². The van der Waals surface area contributed by atoms with Crippen molar-refractivity contribution in [1.82, 2.24) is 0 Å². The van der Waals surface area contributed by atoms with Gasteiger partial charge in [-0.1, -0.05) is 52.4 Å². The lowest BCUT2D eigenvalue weighted by molar-refractivity contribution is -0.148. The van der Waals surface area contributed by atoms with Crippen molar-refractivity contribution in [1.29, 1.82) is 0 Å². The molecule has 0 aliphatic rings. The summed E-state index contributed by atoms with van der Waals surface area (Å²) in [4.78, 5) is 11.4. The molecule has 0 spiro atoms. The minimum Gasteiger partial charge on any atom is -0.463 e. The number of hydrogen-bond donors (Lipinski definition) is 0. The van der Waals surface area contributed by atoms with E-state index in [-0.39, 0.29) is 12.1 Å². The summed E-state index contributed by atoms with van der Waals surface area (Å²) in [6.45, 7) is 6.34. The van der Waals surface area contributed by atoms with Crippen molar-refractivity contribution in [2.75, 3.05) is 0 Å². The molecule has 0 saturated heterocycles. The van der Waals surface area contributed by atoms with Crippen molar-refractivity contribution in [3.8, 4) is 0 Å². The molecule has 0 aromatic heterocycles. The smallest absolute Gasteiger partial charge is 0.306 e. The van der Waals surface area contributed by atoms with E-state index in [0.29, 0.717) is 6.42 Å². The summed E-state index contributed by atoms with van der Waals surface area (Å²) < 4.78 is 5.32. The highest BCUT2D eigenvalue weighted by atomic mass is 16.5. The average molecular weight is 228 g/mol. The van der Waals surface area contributed by atoms with E-state index in [9.17, 15) is 4.79 Å². The summed E-state index contributed by atoms with van der Waals surface area (Å²) in [6, 6.07) is 0. The lowest BCUT2D eigenvalue weighted by atomic mass is 10.1. The van der Waals surface area contributed by atoms with Crippen LogP contribution in [0.1, 0.15) is 78.6 Å². The normalized spacial score (nSPS) is 12.4. The van der Waals surface area contributed by atoms with E-state index in [1.807, 2.05) is 6.92 Å². The molecule has 2 nitrogen and oxygen atoms in total. The van der Waals surface area contributed by atoms with E-state index >= 15 is 0 Å². The van der Waals surface area contributed by atoms with E-state index in [1.165, 1.54) is 25.7 Å². The van der Waals surface area contributed by atoms with Crippen LogP contribution in [0.4, 0.5) is 0 Å². The van der Waals surface area contributed by atoms with E-state index in [4.69, 9.17) is 4.74 Å². The van der Waals surface area contributed by atoms with Crippen LogP contribution in [0.2, 0.25) is 0 Å². The van der Waals surface area contributed by atoms with E-state index in [2.05, 4.69) is 13.8 Å². The van der Waals surface area contributed by atoms with Gasteiger partial charge in [-0.25, -0.2) is 0 Å². The summed E-state index contributed by atoms with van der Waals surface area (Å²) in [5.74, 6) is -0.0138. The third-order valence-corrected chi connectivity index (χ3v) is 2.78. The Morgan fingerprint density at radius 2 is 1.62 bits per heavy atom. The Hall–Kier alpha value is -0.530. The molecule has 0 N–H and O–H groups in total. The second-order valence-electron chi connectivity index (χ2n) is 4.61. The molecular weight excluding hydrogens is 200 g/mol. The molecule has 1 atom stereocenters. The number of hydrogen-bond acceptors (Lipinski definition) is 2. The molecule has 0 aromatic carbocycles. The standard InChI is InChI=1S/C14H28O2/c1-4-6-8-9-10-12-14(15)16-13(3)11-7-5-2/h13H,4-12H2,1-3H3/t13-/m1/s1. The van der Waals surface area contributed by atoms with Gasteiger partial charge in [0, 0.05) is 6.42 Å². The van der Waals surface area contributed by atoms with E-state index in [0.717, 1.165) is 25.7 Å². The predicted molar refractivity (Wildman–Crippen MR) is 68.5 cm³/mol. The van der Waals surface area contributed by atoms with Crippen molar-refractivity contribution >= 4 is 5.97 Å². The van der Waals surface area contributed by atoms with Crippen molar-refractivity contribution in [2.45, 2.75) is 84.7 Å². The monoisotopic (exact) mass is 228 g/mol. The van der Waals surface area contributed by atoms with Crippen LogP contribution in [-0.2, 0) is 9.53 Å². The van der Waals surface area contributed by atoms with Crippen LogP contribution in [0.25, 0.3) is 0 Å². The van der Waals surface area contributed by atoms with Gasteiger partial charge in [0.1, 0.15) is 0 Å². The van der Waals surface area contributed by atoms with Gasteiger partial charge in [0.25, 0.3) is 0 Å². The third-order valence-electron chi connectivity index (χ3n) is 2.78. The van der Waals surface area contributed by atoms with Gasteiger partial charge in [-0.05, 0) is 19.8 Å². The molecule has 0 rings (SSSR count). The SMILES string of the molecule is CCCCCCCC(=O)O[C@H](C)CCCC. The summed E-state index contributed by atoms with van der Waals surface area (Å²) in [5.41, 5.74) is 0. The highest BCUT2D eigenvalue weighted by molar-refractivity contribution is 5.69. The first-order chi connectivity index (χ1) is 7.70. The first-order valence-electron chi connectivity index (χ1n) is 6.90. The Morgan fingerprint density at radius 3 is 2.25 bits per heavy atom. The zero-order valence-electron chi connectivity index (χ0n) is 11.3. The Balaban J connectivity index is 3.36. The number of ether oxygens (including phenoxy) is 1. The summed E-state index contributed by atoms with van der Waals surface area (Å²) in [5, 5.41) is 0. The maximum Gasteiger partial charge on any atom is 0.306 e. The van der Waals surface area contributed by atoms with Gasteiger partial charge < -0.3 is 4.74 Å². The van der Waals surface area contributed by atoms with Gasteiger partial charge in [-0.3, -0.25) is 4.79 Å². The van der Waals surface area contributed by atoms with E-state index in [1.54, 1.807) is 0 Å². The lowest BCUT2D eigenvalue weighted by Crippen LogP contribution is -2.14. The summed E-state index contributed by atoms with van der Waals surface area (Å²) in [6.07, 6.45) is 9.92. The van der Waals surface area contributed by atoms with Gasteiger partial charge in [0.2, 0.25) is 0 Å². The number of rotatable bonds is 10. The molecule has 2 heteroatoms. The maximum atomic E-state index is 11.4. The molecule has 0 bridgehead atoms. The minimum absolute atomic E-state index is 0.0138. The summed E-state index contributed by atoms with van der Waals surface area (Å²) >= 11 is 0. The first-order valence-corrected chi connectivity index (χ1v) is 6.90. The fraction of sp³-hybridized carbons (Fsp3) is 0.929. The quantitative estimate of drug-likeness (QED) is 0.407. The molecule has 16 heavy (non-hydrogen) atoms. The second kappa shape index (κ2) is 11.0. The number of unbranched alkanes of at least 4 members (excludes halogenated alkanes) is 5. The second-order valence-corrected chi connectivity index (χ2v) is 4.61. The van der Waals surface area contributed by atoms with Gasteiger partial charge in [0.05, 0.1) is 6.10 Å². The Kier molecular flexibility index (Phi) is 10.6. The molecule has 0 aliphatic heterocycles. The Labute approximate surface area is 101 Å². The minimum atomic E-state index is -0.0138. The average Bonchev–Trinajstić information content (AvgIpc) is 2.26. The van der Waals surface area contributed by atoms with Crippen LogP contribution < -0.4 is 0 Å². The van der Waals surface area contributed by atoms with Gasteiger partial charge >= 0.3 is 5.97 Å². The number of carbonyl (C=O) groups excluding carboxylic acids is 1. The van der Waals surface area contributed by atoms with Crippen LogP contribution in [0.3, 0.4) is 0 Å². The third kappa shape index (κ3) is 10.0. The fourth-order valence-corrected chi connectivity index (χ4v) is 1.71. The number of esters is 1. The molecule has 0 heterocycles. The molecule has 0 unspecified atom stereocenters. The molecule has 96 valence electrons. The predicted octanol–water partition coefficient (Wildman–Crippen LogP) is 4.47. The van der Waals surface area contributed by atoms with Crippen molar-refractivity contribution < 1.29 is 9.53 Å². The molecule has 0 fully saturated rings. The molecule has 0 aromatic rings. The Morgan fingerprint density at radius 1 is 1.00 bits per heavy atom. The van der Waals surface area contributed by atoms with Crippen LogP contribution in [-0.4, -0.2) is 12.1 Å². The highest BCUT2D eigenvalue weighted by Gasteiger charge is 2.08. The van der Waals surface area contributed by atoms with E-state index < -0.39 is 0 Å². The molecule has 0 aliphatic carbocycles. The summed E-state index contributed by atoms with van der Waals surface area (Å²) in [7, 11) is 0. The van der Waals surface area contributed by atoms with Crippen LogP contribution >= 0.6 is 0 Å². The van der Waals surface area contributed by atoms with Crippen molar-refractivity contribution in [3.63, 3.8) is 0 Å². The van der Waals surface area contributed by atoms with Crippen LogP contribution in [0, 0.1) is 0 Å². The fourth-order valence-electron chi connectivity index (χ4n) is 1.71. The zero-order valence-corrected chi connectivity index (χ0v) is 11.3. The molecule has 0 amide bonds. The molecule has 0 saturated carbocycles. The largest absolute Gasteiger partial charge is 0.463 e. The van der Waals surface area contributed by atoms with Crippen LogP contribution in [0.5, 0.6) is 0 Å². The lowest BCUT2D eigenvalue weighted by Gasteiger charge is -2.12. The molecular formula is C14H28O2. The van der Waals surface area contributed by atoms with Crippen molar-refractivity contribution in [2.24, 2.45) is 0 Å². The van der Waals surface area contributed by atoms with Crippen molar-refractivity contribution in [3.05, 3.63) is 0 Å². The maximum absolute atomic E-state index is 11.4. The zero-order chi connectivity index (χ0) is 12.2. The topological polar surface area (TPSA) is 26.3 Å². The first kappa shape index (κ1) is 15.5. The highest BCUT2D eigenvalue weighted by Crippen LogP contribution is 2.09. The molecule has 0 radical (unpaired) electrons. The Bertz CT molecular complexity index is 166. The number of carbonyl (C=O) groups is 1. The van der Waals surface area contributed by atoms with Gasteiger partial charge in [0.15, 0.2) is 0 Å². The van der Waals surface area contributed by atoms with Crippen LogP contribution in [0.15, 0.2) is 0 Å².